The molecule has 0 spiro atoms. The Morgan fingerprint density at radius 3 is 2.55 bits per heavy atom. The minimum atomic E-state index is 0.659. The Bertz CT molecular complexity index is 88.9. The fourth-order valence-corrected chi connectivity index (χ4v) is 1.25. The summed E-state index contributed by atoms with van der Waals surface area (Å²) in [5, 5.41) is 0. The summed E-state index contributed by atoms with van der Waals surface area (Å²) >= 11 is 0. The first-order valence-corrected chi connectivity index (χ1v) is 4.67. The molecule has 0 aliphatic carbocycles. The van der Waals surface area contributed by atoms with E-state index in [2.05, 4.69) is 13.5 Å². The first-order valence-electron chi connectivity index (χ1n) is 4.67. The van der Waals surface area contributed by atoms with E-state index in [9.17, 15) is 0 Å². The van der Waals surface area contributed by atoms with E-state index >= 15 is 0 Å². The van der Waals surface area contributed by atoms with Crippen molar-refractivity contribution in [2.75, 3.05) is 6.54 Å². The fraction of sp³-hybridized carbons (Fsp3) is 0.800. The summed E-state index contributed by atoms with van der Waals surface area (Å²) in [7, 11) is 0. The van der Waals surface area contributed by atoms with Crippen molar-refractivity contribution in [3.8, 4) is 0 Å². The molecule has 0 aliphatic rings. The van der Waals surface area contributed by atoms with Crippen molar-refractivity contribution in [2.45, 2.75) is 39.0 Å². The van der Waals surface area contributed by atoms with Crippen LogP contribution in [0, 0.1) is 5.92 Å². The Hall–Kier alpha value is -0.300. The maximum atomic E-state index is 5.46. The summed E-state index contributed by atoms with van der Waals surface area (Å²) in [6.45, 7) is 6.83. The SMILES string of the molecule is C=CC(CCN)CCCCC. The summed E-state index contributed by atoms with van der Waals surface area (Å²) in [5.41, 5.74) is 5.46. The van der Waals surface area contributed by atoms with Crippen molar-refractivity contribution in [3.63, 3.8) is 0 Å². The average Bonchev–Trinajstić information content (AvgIpc) is 2.03. The maximum absolute atomic E-state index is 5.46. The molecule has 66 valence electrons. The molecule has 0 aliphatic heterocycles. The second-order valence-electron chi connectivity index (χ2n) is 3.07. The Kier molecular flexibility index (Phi) is 7.59. The highest BCUT2D eigenvalue weighted by Crippen LogP contribution is 2.13. The van der Waals surface area contributed by atoms with Crippen LogP contribution in [-0.4, -0.2) is 6.54 Å². The minimum Gasteiger partial charge on any atom is -0.330 e. The van der Waals surface area contributed by atoms with E-state index in [1.54, 1.807) is 0 Å². The third-order valence-corrected chi connectivity index (χ3v) is 2.05. The molecule has 2 N–H and O–H groups in total. The van der Waals surface area contributed by atoms with E-state index in [0.29, 0.717) is 5.92 Å². The van der Waals surface area contributed by atoms with E-state index in [0.717, 1.165) is 13.0 Å². The lowest BCUT2D eigenvalue weighted by atomic mass is 9.98. The van der Waals surface area contributed by atoms with Gasteiger partial charge in [-0.15, -0.1) is 6.58 Å². The molecular formula is C10H21N. The number of unbranched alkanes of at least 4 members (excludes halogenated alkanes) is 2. The van der Waals surface area contributed by atoms with Crippen molar-refractivity contribution >= 4 is 0 Å². The molecule has 0 aromatic rings. The van der Waals surface area contributed by atoms with Crippen LogP contribution in [0.2, 0.25) is 0 Å². The van der Waals surface area contributed by atoms with Gasteiger partial charge in [-0.1, -0.05) is 32.3 Å². The van der Waals surface area contributed by atoms with Crippen LogP contribution in [-0.2, 0) is 0 Å². The Morgan fingerprint density at radius 2 is 2.09 bits per heavy atom. The van der Waals surface area contributed by atoms with Crippen LogP contribution in [0.1, 0.15) is 39.0 Å². The number of nitrogens with two attached hydrogens (primary N) is 1. The van der Waals surface area contributed by atoms with Crippen LogP contribution in [0.3, 0.4) is 0 Å². The van der Waals surface area contributed by atoms with Gasteiger partial charge >= 0.3 is 0 Å². The zero-order valence-corrected chi connectivity index (χ0v) is 7.68. The zero-order valence-electron chi connectivity index (χ0n) is 7.68. The normalized spacial score (nSPS) is 12.9. The highest BCUT2D eigenvalue weighted by Gasteiger charge is 2.00. The number of hydrogen-bond acceptors (Lipinski definition) is 1. The van der Waals surface area contributed by atoms with Crippen LogP contribution < -0.4 is 5.73 Å². The van der Waals surface area contributed by atoms with Crippen LogP contribution in [0.25, 0.3) is 0 Å². The summed E-state index contributed by atoms with van der Waals surface area (Å²) in [5.74, 6) is 0.659. The van der Waals surface area contributed by atoms with Crippen LogP contribution in [0.4, 0.5) is 0 Å². The van der Waals surface area contributed by atoms with Gasteiger partial charge < -0.3 is 5.73 Å². The number of allylic oxidation sites excluding steroid dienone is 1. The largest absolute Gasteiger partial charge is 0.330 e. The molecule has 1 unspecified atom stereocenters. The van der Waals surface area contributed by atoms with E-state index in [4.69, 9.17) is 5.73 Å². The first kappa shape index (κ1) is 10.7. The average molecular weight is 155 g/mol. The van der Waals surface area contributed by atoms with Gasteiger partial charge in [0.25, 0.3) is 0 Å². The molecule has 0 fully saturated rings. The second-order valence-corrected chi connectivity index (χ2v) is 3.07. The molecule has 1 nitrogen and oxygen atoms in total. The topological polar surface area (TPSA) is 26.0 Å². The molecule has 0 saturated carbocycles. The van der Waals surface area contributed by atoms with E-state index in [1.807, 2.05) is 6.08 Å². The highest BCUT2D eigenvalue weighted by atomic mass is 14.5. The lowest BCUT2D eigenvalue weighted by Gasteiger charge is -2.09. The van der Waals surface area contributed by atoms with Crippen LogP contribution >= 0.6 is 0 Å². The summed E-state index contributed by atoms with van der Waals surface area (Å²) in [6.07, 6.45) is 8.39. The molecule has 0 saturated heterocycles. The quantitative estimate of drug-likeness (QED) is 0.444. The summed E-state index contributed by atoms with van der Waals surface area (Å²) in [6, 6.07) is 0. The van der Waals surface area contributed by atoms with Gasteiger partial charge in [-0.25, -0.2) is 0 Å². The predicted octanol–water partition coefficient (Wildman–Crippen LogP) is 2.72. The zero-order chi connectivity index (χ0) is 8.53. The molecule has 11 heavy (non-hydrogen) atoms. The van der Waals surface area contributed by atoms with Gasteiger partial charge in [0, 0.05) is 0 Å². The van der Waals surface area contributed by atoms with Gasteiger partial charge in [0.05, 0.1) is 0 Å². The lowest BCUT2D eigenvalue weighted by molar-refractivity contribution is 0.514. The maximum Gasteiger partial charge on any atom is -0.00717 e. The van der Waals surface area contributed by atoms with Crippen molar-refractivity contribution in [3.05, 3.63) is 12.7 Å². The molecule has 1 heteroatoms. The van der Waals surface area contributed by atoms with E-state index in [-0.39, 0.29) is 0 Å². The first-order chi connectivity index (χ1) is 5.35. The van der Waals surface area contributed by atoms with Crippen molar-refractivity contribution < 1.29 is 0 Å². The van der Waals surface area contributed by atoms with Crippen LogP contribution in [0.15, 0.2) is 12.7 Å². The van der Waals surface area contributed by atoms with Gasteiger partial charge in [-0.2, -0.15) is 0 Å². The van der Waals surface area contributed by atoms with Crippen molar-refractivity contribution in [1.82, 2.24) is 0 Å². The van der Waals surface area contributed by atoms with Crippen molar-refractivity contribution in [2.24, 2.45) is 11.7 Å². The van der Waals surface area contributed by atoms with Gasteiger partial charge in [-0.3, -0.25) is 0 Å². The second kappa shape index (κ2) is 7.80. The molecule has 1 atom stereocenters. The fourth-order valence-electron chi connectivity index (χ4n) is 1.25. The van der Waals surface area contributed by atoms with Gasteiger partial charge in [0.1, 0.15) is 0 Å². The van der Waals surface area contributed by atoms with Gasteiger partial charge in [0.2, 0.25) is 0 Å². The summed E-state index contributed by atoms with van der Waals surface area (Å²) < 4.78 is 0. The highest BCUT2D eigenvalue weighted by molar-refractivity contribution is 4.78. The summed E-state index contributed by atoms with van der Waals surface area (Å²) in [4.78, 5) is 0. The molecule has 0 radical (unpaired) electrons. The lowest BCUT2D eigenvalue weighted by Crippen LogP contribution is -2.06. The van der Waals surface area contributed by atoms with Crippen molar-refractivity contribution in [1.29, 1.82) is 0 Å². The third kappa shape index (κ3) is 6.11. The molecule has 0 aromatic heterocycles. The number of rotatable bonds is 7. The Labute approximate surface area is 70.7 Å². The predicted molar refractivity (Wildman–Crippen MR) is 51.5 cm³/mol. The molecule has 0 rings (SSSR count). The third-order valence-electron chi connectivity index (χ3n) is 2.05. The van der Waals surface area contributed by atoms with Gasteiger partial charge in [-0.05, 0) is 25.3 Å². The standard InChI is InChI=1S/C10H21N/c1-3-5-6-7-10(4-2)8-9-11/h4,10H,2-3,5-9,11H2,1H3. The Balaban J connectivity index is 3.28. The van der Waals surface area contributed by atoms with Gasteiger partial charge in [0.15, 0.2) is 0 Å². The van der Waals surface area contributed by atoms with Crippen LogP contribution in [0.5, 0.6) is 0 Å². The Morgan fingerprint density at radius 1 is 1.36 bits per heavy atom. The molecule has 0 amide bonds. The van der Waals surface area contributed by atoms with E-state index in [1.165, 1.54) is 25.7 Å². The number of hydrogen-bond donors (Lipinski definition) is 1. The molecular weight excluding hydrogens is 134 g/mol. The monoisotopic (exact) mass is 155 g/mol. The smallest absolute Gasteiger partial charge is 0.00717 e. The molecule has 0 heterocycles. The van der Waals surface area contributed by atoms with E-state index < -0.39 is 0 Å². The molecule has 0 aromatic carbocycles. The molecule has 0 bridgehead atoms. The minimum absolute atomic E-state index is 0.659.